The summed E-state index contributed by atoms with van der Waals surface area (Å²) in [4.78, 5) is 11.5. The lowest BCUT2D eigenvalue weighted by atomic mass is 10.1. The average molecular weight is 359 g/mol. The lowest BCUT2D eigenvalue weighted by Crippen LogP contribution is -1.95. The van der Waals surface area contributed by atoms with Gasteiger partial charge < -0.3 is 9.72 Å². The first-order valence-corrected chi connectivity index (χ1v) is 9.03. The number of fused-ring (bicyclic) bond motifs is 1. The monoisotopic (exact) mass is 359 g/mol. The number of aromatic amines is 1. The van der Waals surface area contributed by atoms with Gasteiger partial charge in [-0.25, -0.2) is 4.98 Å². The predicted molar refractivity (Wildman–Crippen MR) is 110 cm³/mol. The van der Waals surface area contributed by atoms with Crippen LogP contribution in [0.4, 0.5) is 0 Å². The Kier molecular flexibility index (Phi) is 5.87. The predicted octanol–water partition coefficient (Wildman–Crippen LogP) is 5.46. The number of imidazole rings is 1. The first-order valence-electron chi connectivity index (χ1n) is 9.03. The molecule has 0 bridgehead atoms. The van der Waals surface area contributed by atoms with Crippen LogP contribution < -0.4 is 4.74 Å². The Hall–Kier alpha value is -3.14. The molecule has 1 N–H and O–H groups in total. The van der Waals surface area contributed by atoms with Crippen LogP contribution in [0.5, 0.6) is 5.75 Å². The molecule has 0 atom stereocenters. The molecule has 0 amide bonds. The molecular weight excluding hydrogens is 334 g/mol. The van der Waals surface area contributed by atoms with Gasteiger partial charge in [0.2, 0.25) is 0 Å². The fourth-order valence-electron chi connectivity index (χ4n) is 2.74. The van der Waals surface area contributed by atoms with Crippen LogP contribution in [-0.2, 0) is 6.61 Å². The third kappa shape index (κ3) is 5.17. The van der Waals surface area contributed by atoms with E-state index < -0.39 is 0 Å². The lowest BCUT2D eigenvalue weighted by molar-refractivity contribution is 0.306. The highest BCUT2D eigenvalue weighted by molar-refractivity contribution is 5.76. The van der Waals surface area contributed by atoms with Crippen LogP contribution in [0.2, 0.25) is 0 Å². The maximum Gasteiger partial charge on any atom is 0.122 e. The molecule has 0 fully saturated rings. The third-order valence-corrected chi connectivity index (χ3v) is 4.39. The molecule has 4 nitrogen and oxygen atoms in total. The quantitative estimate of drug-likeness (QED) is 0.528. The van der Waals surface area contributed by atoms with Crippen molar-refractivity contribution in [1.82, 2.24) is 15.0 Å². The highest BCUT2D eigenvalue weighted by Gasteiger charge is 2.01. The number of rotatable bonds is 3. The summed E-state index contributed by atoms with van der Waals surface area (Å²) in [5, 5.41) is 0. The molecule has 138 valence electrons. The summed E-state index contributed by atoms with van der Waals surface area (Å²) in [6.45, 7) is 8.88. The second-order valence-electron chi connectivity index (χ2n) is 6.73. The summed E-state index contributed by atoms with van der Waals surface area (Å²) in [6.07, 6.45) is 3.53. The van der Waals surface area contributed by atoms with Gasteiger partial charge in [-0.15, -0.1) is 0 Å². The van der Waals surface area contributed by atoms with E-state index >= 15 is 0 Å². The van der Waals surface area contributed by atoms with Crippen molar-refractivity contribution in [1.29, 1.82) is 0 Å². The van der Waals surface area contributed by atoms with Crippen molar-refractivity contribution in [3.63, 3.8) is 0 Å². The first kappa shape index (κ1) is 18.6. The van der Waals surface area contributed by atoms with Crippen molar-refractivity contribution >= 4 is 11.0 Å². The second-order valence-corrected chi connectivity index (χ2v) is 6.73. The van der Waals surface area contributed by atoms with E-state index in [1.807, 2.05) is 37.3 Å². The SMILES string of the molecule is Cc1ccc(C)c(C)c1.Cc1nc2ccc(OCc3ccncc3)cc2[nH]1. The second kappa shape index (κ2) is 8.49. The highest BCUT2D eigenvalue weighted by Crippen LogP contribution is 2.19. The molecule has 4 aromatic rings. The molecule has 2 heterocycles. The number of pyridine rings is 1. The van der Waals surface area contributed by atoms with E-state index in [9.17, 15) is 0 Å². The zero-order valence-corrected chi connectivity index (χ0v) is 16.3. The summed E-state index contributed by atoms with van der Waals surface area (Å²) in [5.41, 5.74) is 7.17. The summed E-state index contributed by atoms with van der Waals surface area (Å²) in [5.74, 6) is 1.75. The van der Waals surface area contributed by atoms with Crippen LogP contribution in [-0.4, -0.2) is 15.0 Å². The van der Waals surface area contributed by atoms with E-state index in [4.69, 9.17) is 4.74 Å². The molecule has 4 rings (SSSR count). The van der Waals surface area contributed by atoms with Crippen molar-refractivity contribution in [2.24, 2.45) is 0 Å². The van der Waals surface area contributed by atoms with E-state index in [0.717, 1.165) is 28.2 Å². The number of benzene rings is 2. The maximum absolute atomic E-state index is 5.73. The van der Waals surface area contributed by atoms with Gasteiger partial charge in [-0.05, 0) is 68.7 Å². The molecule has 27 heavy (non-hydrogen) atoms. The van der Waals surface area contributed by atoms with Gasteiger partial charge in [0.05, 0.1) is 11.0 Å². The molecule has 0 saturated carbocycles. The molecule has 0 unspecified atom stereocenters. The Labute approximate surface area is 160 Å². The van der Waals surface area contributed by atoms with Crippen molar-refractivity contribution < 1.29 is 4.74 Å². The number of aromatic nitrogens is 3. The van der Waals surface area contributed by atoms with Crippen LogP contribution in [0, 0.1) is 27.7 Å². The maximum atomic E-state index is 5.73. The van der Waals surface area contributed by atoms with Gasteiger partial charge in [0.1, 0.15) is 18.2 Å². The van der Waals surface area contributed by atoms with Crippen molar-refractivity contribution in [2.45, 2.75) is 34.3 Å². The molecule has 0 aliphatic carbocycles. The minimum Gasteiger partial charge on any atom is -0.489 e. The van der Waals surface area contributed by atoms with Crippen molar-refractivity contribution in [2.75, 3.05) is 0 Å². The molecule has 0 aliphatic heterocycles. The Morgan fingerprint density at radius 2 is 1.63 bits per heavy atom. The van der Waals surface area contributed by atoms with Crippen LogP contribution in [0.15, 0.2) is 60.9 Å². The third-order valence-electron chi connectivity index (χ3n) is 4.39. The average Bonchev–Trinajstić information content (AvgIpc) is 3.04. The fourth-order valence-corrected chi connectivity index (χ4v) is 2.74. The summed E-state index contributed by atoms with van der Waals surface area (Å²) in [6, 6.07) is 16.3. The summed E-state index contributed by atoms with van der Waals surface area (Å²) < 4.78 is 5.73. The number of aryl methyl sites for hydroxylation is 4. The van der Waals surface area contributed by atoms with Gasteiger partial charge >= 0.3 is 0 Å². The number of ether oxygens (including phenoxy) is 1. The number of hydrogen-bond acceptors (Lipinski definition) is 3. The minimum absolute atomic E-state index is 0.543. The lowest BCUT2D eigenvalue weighted by Gasteiger charge is -2.05. The van der Waals surface area contributed by atoms with Crippen LogP contribution in [0.3, 0.4) is 0 Å². The molecule has 0 saturated heterocycles. The molecular formula is C23H25N3O. The molecule has 0 spiro atoms. The minimum atomic E-state index is 0.543. The topological polar surface area (TPSA) is 50.8 Å². The standard InChI is InChI=1S/C14H13N3O.C9H12/c1-10-16-13-3-2-12(8-14(13)17-10)18-9-11-4-6-15-7-5-11;1-7-4-5-8(2)9(3)6-7/h2-8H,9H2,1H3,(H,16,17);4-6H,1-3H3. The number of hydrogen-bond donors (Lipinski definition) is 1. The van der Waals surface area contributed by atoms with Gasteiger partial charge in [0.15, 0.2) is 0 Å². The molecule has 2 aromatic carbocycles. The van der Waals surface area contributed by atoms with Gasteiger partial charge in [-0.1, -0.05) is 23.8 Å². The number of nitrogens with zero attached hydrogens (tertiary/aromatic N) is 2. The number of nitrogens with one attached hydrogen (secondary N) is 1. The van der Waals surface area contributed by atoms with Crippen LogP contribution in [0.25, 0.3) is 11.0 Å². The Bertz CT molecular complexity index is 1020. The zero-order chi connectivity index (χ0) is 19.2. The molecule has 0 radical (unpaired) electrons. The Balaban J connectivity index is 0.000000197. The Morgan fingerprint density at radius 3 is 2.33 bits per heavy atom. The molecule has 0 aliphatic rings. The van der Waals surface area contributed by atoms with Crippen molar-refractivity contribution in [3.8, 4) is 5.75 Å². The molecule has 4 heteroatoms. The van der Waals surface area contributed by atoms with E-state index in [1.54, 1.807) is 12.4 Å². The summed E-state index contributed by atoms with van der Waals surface area (Å²) in [7, 11) is 0. The molecule has 2 aromatic heterocycles. The summed E-state index contributed by atoms with van der Waals surface area (Å²) >= 11 is 0. The highest BCUT2D eigenvalue weighted by atomic mass is 16.5. The Morgan fingerprint density at radius 1 is 0.852 bits per heavy atom. The van der Waals surface area contributed by atoms with E-state index in [-0.39, 0.29) is 0 Å². The van der Waals surface area contributed by atoms with Gasteiger partial charge in [0, 0.05) is 18.5 Å². The van der Waals surface area contributed by atoms with Gasteiger partial charge in [-0.2, -0.15) is 0 Å². The van der Waals surface area contributed by atoms with E-state index in [0.29, 0.717) is 6.61 Å². The van der Waals surface area contributed by atoms with Crippen molar-refractivity contribution in [3.05, 3.63) is 89.0 Å². The first-order chi connectivity index (χ1) is 13.0. The number of H-pyrrole nitrogens is 1. The fraction of sp³-hybridized carbons (Fsp3) is 0.217. The van der Waals surface area contributed by atoms with E-state index in [2.05, 4.69) is 53.9 Å². The van der Waals surface area contributed by atoms with Crippen LogP contribution >= 0.6 is 0 Å². The smallest absolute Gasteiger partial charge is 0.122 e. The zero-order valence-electron chi connectivity index (χ0n) is 16.3. The normalized spacial score (nSPS) is 10.4. The van der Waals surface area contributed by atoms with Crippen LogP contribution in [0.1, 0.15) is 28.1 Å². The van der Waals surface area contributed by atoms with Gasteiger partial charge in [-0.3, -0.25) is 4.98 Å². The van der Waals surface area contributed by atoms with Gasteiger partial charge in [0.25, 0.3) is 0 Å². The largest absolute Gasteiger partial charge is 0.489 e. The van der Waals surface area contributed by atoms with E-state index in [1.165, 1.54) is 16.7 Å².